The molecule has 0 fully saturated rings. The van der Waals surface area contributed by atoms with E-state index in [1.165, 1.54) is 45.1 Å². The van der Waals surface area contributed by atoms with E-state index >= 15 is 0 Å². The van der Waals surface area contributed by atoms with Crippen molar-refractivity contribution in [3.05, 3.63) is 101 Å². The maximum atomic E-state index is 8.49. The first kappa shape index (κ1) is 24.6. The maximum Gasteiger partial charge on any atom is 0.211 e. The van der Waals surface area contributed by atoms with Gasteiger partial charge in [-0.3, -0.25) is 0 Å². The lowest BCUT2D eigenvalue weighted by Gasteiger charge is -2.17. The highest BCUT2D eigenvalue weighted by molar-refractivity contribution is 6.02. The summed E-state index contributed by atoms with van der Waals surface area (Å²) in [4.78, 5) is 2.13. The molecule has 0 amide bonds. The van der Waals surface area contributed by atoms with E-state index in [4.69, 9.17) is 18.6 Å². The number of halogens is 1. The third kappa shape index (κ3) is 6.51. The monoisotopic (exact) mass is 466 g/mol. The van der Waals surface area contributed by atoms with Gasteiger partial charge in [0.25, 0.3) is 0 Å². The van der Waals surface area contributed by atoms with Crippen LogP contribution in [0.3, 0.4) is 0 Å². The molecule has 33 heavy (non-hydrogen) atoms. The fourth-order valence-electron chi connectivity index (χ4n) is 3.98. The first-order valence-electron chi connectivity index (χ1n) is 10.4. The predicted molar refractivity (Wildman–Crippen MR) is 120 cm³/mol. The van der Waals surface area contributed by atoms with E-state index in [0.717, 1.165) is 6.42 Å². The number of allylic oxidation sites excluding steroid dienone is 7. The highest BCUT2D eigenvalue weighted by Gasteiger charge is 2.32. The number of hydrogen-bond acceptors (Lipinski definition) is 5. The Morgan fingerprint density at radius 1 is 0.879 bits per heavy atom. The van der Waals surface area contributed by atoms with Crippen LogP contribution in [0.25, 0.3) is 6.08 Å². The van der Waals surface area contributed by atoms with E-state index in [-0.39, 0.29) is 0 Å². The third-order valence-electron chi connectivity index (χ3n) is 5.52. The Morgan fingerprint density at radius 2 is 1.48 bits per heavy atom. The molecule has 0 radical (unpaired) electrons. The normalized spacial score (nSPS) is 16.8. The number of anilines is 1. The van der Waals surface area contributed by atoms with Crippen LogP contribution in [0.15, 0.2) is 95.2 Å². The molecular formula is C26H27ClN2O4. The van der Waals surface area contributed by atoms with Crippen LogP contribution in [0, 0.1) is 10.2 Å². The number of para-hydroxylation sites is 1. The maximum absolute atomic E-state index is 8.49. The van der Waals surface area contributed by atoms with E-state index in [1.807, 2.05) is 0 Å². The summed E-state index contributed by atoms with van der Waals surface area (Å²) >= 11 is 0. The van der Waals surface area contributed by atoms with Crippen molar-refractivity contribution in [2.45, 2.75) is 20.3 Å². The minimum atomic E-state index is -4.94. The van der Waals surface area contributed by atoms with Gasteiger partial charge in [-0.1, -0.05) is 48.6 Å². The van der Waals surface area contributed by atoms with E-state index in [9.17, 15) is 0 Å². The summed E-state index contributed by atoms with van der Waals surface area (Å²) in [5.41, 5.74) is 10.3. The smallest absolute Gasteiger partial charge is 0.211 e. The number of fused-ring (bicyclic) bond motifs is 1. The van der Waals surface area contributed by atoms with Crippen molar-refractivity contribution < 1.29 is 33.5 Å². The lowest BCUT2D eigenvalue weighted by Crippen LogP contribution is -2.68. The molecule has 1 aliphatic heterocycles. The van der Waals surface area contributed by atoms with Gasteiger partial charge in [-0.25, -0.2) is 18.6 Å². The quantitative estimate of drug-likeness (QED) is 0.636. The number of rotatable bonds is 3. The van der Waals surface area contributed by atoms with Crippen molar-refractivity contribution >= 4 is 23.2 Å². The summed E-state index contributed by atoms with van der Waals surface area (Å²) in [6.07, 6.45) is 10.1. The molecule has 1 heterocycles. The molecule has 0 bridgehead atoms. The van der Waals surface area contributed by atoms with Gasteiger partial charge in [0, 0.05) is 45.8 Å². The Hall–Kier alpha value is -3.00. The molecule has 0 spiro atoms. The first-order valence-corrected chi connectivity index (χ1v) is 11.7. The summed E-state index contributed by atoms with van der Waals surface area (Å²) < 4.78 is 36.3. The standard InChI is InChI=1S/C26H27N2.ClHO4/c1-19-25-16-12-22(18-21-10-14-23(15-11-21)27(3)4)13-17-26(25)20(2)28(19)24-8-6-5-7-9-24;2-1(3,4)5/h5-12,14-18H,13H2,1-4H3;(H,2,3,4,5)/q+1;/p-1. The van der Waals surface area contributed by atoms with Crippen molar-refractivity contribution in [1.29, 1.82) is 0 Å². The highest BCUT2D eigenvalue weighted by atomic mass is 35.7. The summed E-state index contributed by atoms with van der Waals surface area (Å²) in [6.45, 7) is 4.43. The van der Waals surface area contributed by atoms with Crippen molar-refractivity contribution in [3.63, 3.8) is 0 Å². The molecular weight excluding hydrogens is 440 g/mol. The van der Waals surface area contributed by atoms with Crippen LogP contribution in [0.2, 0.25) is 0 Å². The molecule has 0 aromatic heterocycles. The molecule has 0 unspecified atom stereocenters. The van der Waals surface area contributed by atoms with E-state index in [0.29, 0.717) is 0 Å². The average Bonchev–Trinajstić information content (AvgIpc) is 2.88. The Kier molecular flexibility index (Phi) is 7.68. The van der Waals surface area contributed by atoms with Crippen molar-refractivity contribution in [2.24, 2.45) is 0 Å². The molecule has 0 N–H and O–H groups in total. The van der Waals surface area contributed by atoms with Gasteiger partial charge in [0.05, 0.1) is 11.1 Å². The fourth-order valence-corrected chi connectivity index (χ4v) is 3.98. The molecule has 2 aromatic carbocycles. The first-order chi connectivity index (χ1) is 15.5. The van der Waals surface area contributed by atoms with Gasteiger partial charge in [0.1, 0.15) is 0 Å². The van der Waals surface area contributed by atoms with Crippen LogP contribution in [-0.2, 0) is 0 Å². The zero-order valence-electron chi connectivity index (χ0n) is 19.1. The molecule has 7 heteroatoms. The van der Waals surface area contributed by atoms with Crippen LogP contribution < -0.4 is 23.5 Å². The van der Waals surface area contributed by atoms with Crippen molar-refractivity contribution in [1.82, 2.24) is 0 Å². The molecule has 0 saturated carbocycles. The van der Waals surface area contributed by atoms with Gasteiger partial charge >= 0.3 is 0 Å². The predicted octanol–water partition coefficient (Wildman–Crippen LogP) is 1.36. The Balaban J connectivity index is 0.000000555. The molecule has 4 rings (SSSR count). The van der Waals surface area contributed by atoms with Gasteiger partial charge in [-0.2, -0.15) is 4.58 Å². The number of hydrogen-bond donors (Lipinski definition) is 0. The van der Waals surface area contributed by atoms with Crippen LogP contribution in [0.4, 0.5) is 11.4 Å². The lowest BCUT2D eigenvalue weighted by atomic mass is 10.0. The van der Waals surface area contributed by atoms with Crippen LogP contribution in [0.5, 0.6) is 0 Å². The van der Waals surface area contributed by atoms with Gasteiger partial charge in [0.2, 0.25) is 5.69 Å². The Labute approximate surface area is 196 Å². The highest BCUT2D eigenvalue weighted by Crippen LogP contribution is 2.34. The second kappa shape index (κ2) is 10.3. The fraction of sp³-hybridized carbons (Fsp3) is 0.192. The minimum absolute atomic E-state index is 0.942. The van der Waals surface area contributed by atoms with Crippen LogP contribution in [-0.4, -0.2) is 24.4 Å². The molecule has 172 valence electrons. The molecule has 2 aliphatic rings. The SMILES string of the molecule is CC1=C2C=CC(=Cc3ccc(N(C)C)cc3)CC=C2C(C)=[N+]1c1ccccc1.[O-][Cl+3]([O-])([O-])[O-]. The summed E-state index contributed by atoms with van der Waals surface area (Å²) in [7, 11) is -0.805. The summed E-state index contributed by atoms with van der Waals surface area (Å²) in [6, 6.07) is 19.3. The van der Waals surface area contributed by atoms with Gasteiger partial charge in [0.15, 0.2) is 11.4 Å². The van der Waals surface area contributed by atoms with Crippen LogP contribution >= 0.6 is 0 Å². The van der Waals surface area contributed by atoms with Crippen molar-refractivity contribution in [3.8, 4) is 0 Å². The Bertz CT molecular complexity index is 1150. The Morgan fingerprint density at radius 3 is 2.06 bits per heavy atom. The lowest BCUT2D eigenvalue weighted by molar-refractivity contribution is -2.00. The minimum Gasteiger partial charge on any atom is -0.378 e. The molecule has 0 saturated heterocycles. The van der Waals surface area contributed by atoms with E-state index in [1.54, 1.807) is 0 Å². The van der Waals surface area contributed by atoms with E-state index < -0.39 is 10.2 Å². The second-order valence-corrected chi connectivity index (χ2v) is 8.75. The summed E-state index contributed by atoms with van der Waals surface area (Å²) in [5.74, 6) is 0. The number of benzene rings is 2. The summed E-state index contributed by atoms with van der Waals surface area (Å²) in [5, 5.41) is 0. The molecule has 0 atom stereocenters. The molecule has 6 nitrogen and oxygen atoms in total. The molecule has 2 aromatic rings. The number of nitrogens with zero attached hydrogens (tertiary/aromatic N) is 2. The van der Waals surface area contributed by atoms with Gasteiger partial charge < -0.3 is 4.90 Å². The zero-order chi connectivity index (χ0) is 24.2. The van der Waals surface area contributed by atoms with E-state index in [2.05, 4.69) is 116 Å². The zero-order valence-corrected chi connectivity index (χ0v) is 19.9. The van der Waals surface area contributed by atoms with Gasteiger partial charge in [-0.05, 0) is 35.8 Å². The molecule has 1 aliphatic carbocycles. The topological polar surface area (TPSA) is 98.5 Å². The van der Waals surface area contributed by atoms with Crippen LogP contribution in [0.1, 0.15) is 25.8 Å². The van der Waals surface area contributed by atoms with Crippen molar-refractivity contribution in [2.75, 3.05) is 19.0 Å². The largest absolute Gasteiger partial charge is 0.378 e. The third-order valence-corrected chi connectivity index (χ3v) is 5.52. The second-order valence-electron chi connectivity index (χ2n) is 7.99. The average molecular weight is 467 g/mol. The van der Waals surface area contributed by atoms with Gasteiger partial charge in [-0.15, -0.1) is 10.2 Å².